The Morgan fingerprint density at radius 3 is 2.90 bits per heavy atom. The Bertz CT molecular complexity index is 926. The van der Waals surface area contributed by atoms with Crippen LogP contribution in [0.15, 0.2) is 42.7 Å². The Morgan fingerprint density at radius 2 is 2.05 bits per heavy atom. The molecule has 104 valence electrons. The van der Waals surface area contributed by atoms with Gasteiger partial charge in [-0.05, 0) is 29.8 Å². The topological polar surface area (TPSA) is 27.1 Å². The fourth-order valence-corrected chi connectivity index (χ4v) is 2.69. The highest BCUT2D eigenvalue weighted by atomic mass is 19.1. The number of fused-ring (bicyclic) bond motifs is 3. The number of rotatable bonds is 2. The Morgan fingerprint density at radius 1 is 1.19 bits per heavy atom. The molecule has 0 bridgehead atoms. The second-order valence-corrected chi connectivity index (χ2v) is 5.08. The summed E-state index contributed by atoms with van der Waals surface area (Å²) < 4.78 is 20.4. The first-order valence-electron chi connectivity index (χ1n) is 6.81. The molecule has 0 N–H and O–H groups in total. The van der Waals surface area contributed by atoms with E-state index in [4.69, 9.17) is 4.74 Å². The van der Waals surface area contributed by atoms with E-state index in [0.29, 0.717) is 13.2 Å². The molecular weight excluding hydrogens is 267 g/mol. The summed E-state index contributed by atoms with van der Waals surface area (Å²) in [6.07, 6.45) is 7.65. The average Bonchev–Trinajstić information content (AvgIpc) is 2.93. The van der Waals surface area contributed by atoms with Gasteiger partial charge in [0.2, 0.25) is 0 Å². The molecule has 0 aliphatic carbocycles. The van der Waals surface area contributed by atoms with E-state index < -0.39 is 0 Å². The minimum Gasteiger partial charge on any atom is -0.495 e. The SMILES string of the molecule is Fc1ccc(Cn2ccc3c4c(ncc32)=COCC=4)cc1. The van der Waals surface area contributed by atoms with Crippen molar-refractivity contribution < 1.29 is 9.13 Å². The van der Waals surface area contributed by atoms with Crippen molar-refractivity contribution in [3.05, 3.63) is 64.7 Å². The van der Waals surface area contributed by atoms with Crippen LogP contribution in [-0.4, -0.2) is 16.2 Å². The van der Waals surface area contributed by atoms with Crippen molar-refractivity contribution >= 4 is 23.2 Å². The van der Waals surface area contributed by atoms with Crippen molar-refractivity contribution in [2.24, 2.45) is 0 Å². The van der Waals surface area contributed by atoms with Crippen molar-refractivity contribution in [3.8, 4) is 0 Å². The van der Waals surface area contributed by atoms with Gasteiger partial charge in [-0.15, -0.1) is 0 Å². The molecule has 0 amide bonds. The van der Waals surface area contributed by atoms with Crippen LogP contribution in [0.4, 0.5) is 4.39 Å². The standard InChI is InChI=1S/C17H13FN2O/c18-13-3-1-12(2-4-13)10-20-7-5-15-14-6-8-21-11-16(14)19-9-17(15)20/h1-7,9,11H,8,10H2. The van der Waals surface area contributed by atoms with Crippen molar-refractivity contribution in [1.82, 2.24) is 9.55 Å². The smallest absolute Gasteiger partial charge is 0.123 e. The van der Waals surface area contributed by atoms with E-state index in [1.54, 1.807) is 18.4 Å². The molecule has 1 aliphatic rings. The fraction of sp³-hybridized carbons (Fsp3) is 0.118. The third kappa shape index (κ3) is 2.09. The predicted octanol–water partition coefficient (Wildman–Crippen LogP) is 1.77. The Hall–Kier alpha value is -2.62. The molecule has 0 saturated heterocycles. The van der Waals surface area contributed by atoms with Crippen LogP contribution in [0, 0.1) is 5.82 Å². The molecule has 0 saturated carbocycles. The number of benzene rings is 1. The Labute approximate surface area is 120 Å². The molecule has 21 heavy (non-hydrogen) atoms. The number of hydrogen-bond acceptors (Lipinski definition) is 2. The maximum Gasteiger partial charge on any atom is 0.123 e. The average molecular weight is 280 g/mol. The van der Waals surface area contributed by atoms with Crippen molar-refractivity contribution in [2.75, 3.05) is 6.61 Å². The van der Waals surface area contributed by atoms with Crippen molar-refractivity contribution in [3.63, 3.8) is 0 Å². The quantitative estimate of drug-likeness (QED) is 0.715. The number of aromatic nitrogens is 2. The lowest BCUT2D eigenvalue weighted by Gasteiger charge is -2.07. The van der Waals surface area contributed by atoms with Gasteiger partial charge in [-0.2, -0.15) is 0 Å². The van der Waals surface area contributed by atoms with E-state index in [1.807, 2.05) is 18.5 Å². The number of halogens is 1. The van der Waals surface area contributed by atoms with Gasteiger partial charge in [0, 0.05) is 23.3 Å². The third-order valence-corrected chi connectivity index (χ3v) is 3.74. The molecular formula is C17H13FN2O. The molecule has 3 heterocycles. The summed E-state index contributed by atoms with van der Waals surface area (Å²) in [5.74, 6) is -0.211. The summed E-state index contributed by atoms with van der Waals surface area (Å²) in [7, 11) is 0. The van der Waals surface area contributed by atoms with Gasteiger partial charge in [0.1, 0.15) is 24.0 Å². The molecule has 0 unspecified atom stereocenters. The molecule has 1 aliphatic heterocycles. The molecule has 3 aromatic rings. The van der Waals surface area contributed by atoms with Gasteiger partial charge in [0.05, 0.1) is 11.7 Å². The highest BCUT2D eigenvalue weighted by molar-refractivity contribution is 5.81. The van der Waals surface area contributed by atoms with Gasteiger partial charge < -0.3 is 9.30 Å². The van der Waals surface area contributed by atoms with Crippen LogP contribution in [-0.2, 0) is 11.3 Å². The number of hydrogen-bond donors (Lipinski definition) is 0. The number of ether oxygens (including phenoxy) is 1. The number of nitrogens with zero attached hydrogens (tertiary/aromatic N) is 2. The van der Waals surface area contributed by atoms with Crippen LogP contribution in [0.1, 0.15) is 5.56 Å². The maximum atomic E-state index is 13.0. The summed E-state index contributed by atoms with van der Waals surface area (Å²) in [5, 5.41) is 3.16. The van der Waals surface area contributed by atoms with E-state index in [2.05, 4.69) is 15.6 Å². The lowest BCUT2D eigenvalue weighted by atomic mass is 10.2. The number of pyridine rings is 1. The van der Waals surface area contributed by atoms with Crippen LogP contribution in [0.3, 0.4) is 0 Å². The summed E-state index contributed by atoms with van der Waals surface area (Å²) in [5.41, 5.74) is 2.13. The lowest BCUT2D eigenvalue weighted by Crippen LogP contribution is -2.31. The molecule has 0 radical (unpaired) electrons. The molecule has 4 rings (SSSR count). The first-order chi connectivity index (χ1) is 10.3. The zero-order valence-corrected chi connectivity index (χ0v) is 11.3. The molecule has 0 atom stereocenters. The van der Waals surface area contributed by atoms with E-state index >= 15 is 0 Å². The zero-order chi connectivity index (χ0) is 14.2. The highest BCUT2D eigenvalue weighted by Gasteiger charge is 2.06. The van der Waals surface area contributed by atoms with E-state index in [0.717, 1.165) is 21.6 Å². The van der Waals surface area contributed by atoms with Gasteiger partial charge in [0.15, 0.2) is 0 Å². The second-order valence-electron chi connectivity index (χ2n) is 5.08. The predicted molar refractivity (Wildman–Crippen MR) is 79.4 cm³/mol. The summed E-state index contributed by atoms with van der Waals surface area (Å²) >= 11 is 0. The summed E-state index contributed by atoms with van der Waals surface area (Å²) in [6.45, 7) is 1.28. The minimum atomic E-state index is -0.211. The van der Waals surface area contributed by atoms with Crippen LogP contribution in [0.5, 0.6) is 0 Å². The first kappa shape index (κ1) is 12.1. The fourth-order valence-electron chi connectivity index (χ4n) is 2.69. The monoisotopic (exact) mass is 280 g/mol. The van der Waals surface area contributed by atoms with Gasteiger partial charge in [-0.25, -0.2) is 4.39 Å². The minimum absolute atomic E-state index is 0.211. The van der Waals surface area contributed by atoms with Gasteiger partial charge in [-0.3, -0.25) is 4.98 Å². The van der Waals surface area contributed by atoms with Crippen LogP contribution >= 0.6 is 0 Å². The summed E-state index contributed by atoms with van der Waals surface area (Å²) in [6, 6.07) is 8.68. The molecule has 0 spiro atoms. The zero-order valence-electron chi connectivity index (χ0n) is 11.3. The second kappa shape index (κ2) is 4.74. The lowest BCUT2D eigenvalue weighted by molar-refractivity contribution is 0.345. The molecule has 0 fully saturated rings. The first-order valence-corrected chi connectivity index (χ1v) is 6.81. The van der Waals surface area contributed by atoms with Gasteiger partial charge in [0.25, 0.3) is 0 Å². The highest BCUT2D eigenvalue weighted by Crippen LogP contribution is 2.13. The molecule has 4 heteroatoms. The Kier molecular flexibility index (Phi) is 2.74. The van der Waals surface area contributed by atoms with Gasteiger partial charge >= 0.3 is 0 Å². The Balaban J connectivity index is 1.82. The van der Waals surface area contributed by atoms with Gasteiger partial charge in [-0.1, -0.05) is 12.1 Å². The van der Waals surface area contributed by atoms with E-state index in [9.17, 15) is 4.39 Å². The molecule has 2 aromatic heterocycles. The summed E-state index contributed by atoms with van der Waals surface area (Å²) in [4.78, 5) is 4.44. The third-order valence-electron chi connectivity index (χ3n) is 3.74. The van der Waals surface area contributed by atoms with Crippen LogP contribution in [0.25, 0.3) is 23.2 Å². The van der Waals surface area contributed by atoms with Crippen molar-refractivity contribution in [2.45, 2.75) is 6.54 Å². The van der Waals surface area contributed by atoms with E-state index in [-0.39, 0.29) is 5.82 Å². The van der Waals surface area contributed by atoms with Crippen molar-refractivity contribution in [1.29, 1.82) is 0 Å². The normalized spacial score (nSPS) is 13.2. The van der Waals surface area contributed by atoms with E-state index in [1.165, 1.54) is 17.5 Å². The maximum absolute atomic E-state index is 13.0. The largest absolute Gasteiger partial charge is 0.495 e. The van der Waals surface area contributed by atoms with Crippen LogP contribution < -0.4 is 10.6 Å². The molecule has 1 aromatic carbocycles. The molecule has 3 nitrogen and oxygen atoms in total. The van der Waals surface area contributed by atoms with Crippen LogP contribution in [0.2, 0.25) is 0 Å².